The molecule has 0 saturated carbocycles. The Morgan fingerprint density at radius 2 is 1.93 bits per heavy atom. The summed E-state index contributed by atoms with van der Waals surface area (Å²) in [6.45, 7) is 8.97. The van der Waals surface area contributed by atoms with Crippen LogP contribution in [0.5, 0.6) is 0 Å². The van der Waals surface area contributed by atoms with E-state index in [1.165, 1.54) is 7.11 Å². The van der Waals surface area contributed by atoms with Crippen LogP contribution in [-0.2, 0) is 9.09 Å². The van der Waals surface area contributed by atoms with Gasteiger partial charge in [-0.05, 0) is 12.5 Å². The summed E-state index contributed by atoms with van der Waals surface area (Å²) in [5.74, 6) is 0. The van der Waals surface area contributed by atoms with Crippen LogP contribution in [0, 0.1) is 5.41 Å². The molecule has 92 valence electrons. The highest BCUT2D eigenvalue weighted by atomic mass is 31.2. The van der Waals surface area contributed by atoms with E-state index in [1.807, 2.05) is 14.0 Å². The molecule has 0 saturated heterocycles. The van der Waals surface area contributed by atoms with Crippen LogP contribution in [0.4, 0.5) is 0 Å². The Balaban J connectivity index is 4.29. The van der Waals surface area contributed by atoms with E-state index in [1.54, 1.807) is 0 Å². The lowest BCUT2D eigenvalue weighted by Gasteiger charge is -2.31. The normalized spacial score (nSPS) is 18.5. The predicted octanol–water partition coefficient (Wildman–Crippen LogP) is 2.07. The standard InChI is InChI=1S/C10H25N2O2P/c1-7-15(13,14-6)12-8-9(11-5)10(2,3)4/h9,11H,7-8H2,1-6H3,(H,12,13). The Bertz CT molecular complexity index is 218. The molecule has 0 aliphatic rings. The molecule has 0 spiro atoms. The quantitative estimate of drug-likeness (QED) is 0.693. The number of hydrogen-bond acceptors (Lipinski definition) is 3. The first-order valence-corrected chi connectivity index (χ1v) is 7.17. The number of rotatable bonds is 6. The van der Waals surface area contributed by atoms with Gasteiger partial charge in [-0.2, -0.15) is 0 Å². The third kappa shape index (κ3) is 5.12. The Labute approximate surface area is 93.7 Å². The Morgan fingerprint density at radius 1 is 1.40 bits per heavy atom. The summed E-state index contributed by atoms with van der Waals surface area (Å²) in [6, 6.07) is 0.271. The van der Waals surface area contributed by atoms with Crippen LogP contribution in [-0.4, -0.2) is 32.9 Å². The molecular formula is C10H25N2O2P. The van der Waals surface area contributed by atoms with Gasteiger partial charge in [0, 0.05) is 25.9 Å². The van der Waals surface area contributed by atoms with Crippen molar-refractivity contribution in [2.75, 3.05) is 26.9 Å². The van der Waals surface area contributed by atoms with Crippen LogP contribution in [0.25, 0.3) is 0 Å². The van der Waals surface area contributed by atoms with Gasteiger partial charge in [0.05, 0.1) is 0 Å². The number of likely N-dealkylation sites (N-methyl/N-ethyl adjacent to an activating group) is 1. The van der Waals surface area contributed by atoms with Gasteiger partial charge in [0.25, 0.3) is 7.52 Å². The van der Waals surface area contributed by atoms with E-state index in [2.05, 4.69) is 31.2 Å². The molecule has 0 heterocycles. The van der Waals surface area contributed by atoms with E-state index >= 15 is 0 Å². The molecule has 0 aliphatic heterocycles. The summed E-state index contributed by atoms with van der Waals surface area (Å²) in [5.41, 5.74) is 0.133. The Morgan fingerprint density at radius 3 is 2.20 bits per heavy atom. The van der Waals surface area contributed by atoms with Crippen molar-refractivity contribution in [1.29, 1.82) is 0 Å². The van der Waals surface area contributed by atoms with Crippen LogP contribution < -0.4 is 10.4 Å². The first-order valence-electron chi connectivity index (χ1n) is 5.36. The summed E-state index contributed by atoms with van der Waals surface area (Å²) >= 11 is 0. The van der Waals surface area contributed by atoms with Crippen molar-refractivity contribution >= 4 is 7.52 Å². The second kappa shape index (κ2) is 6.00. The minimum atomic E-state index is -2.61. The van der Waals surface area contributed by atoms with Gasteiger partial charge in [-0.3, -0.25) is 4.57 Å². The zero-order chi connectivity index (χ0) is 12.1. The fourth-order valence-electron chi connectivity index (χ4n) is 1.38. The molecule has 2 unspecified atom stereocenters. The molecular weight excluding hydrogens is 211 g/mol. The summed E-state index contributed by atoms with van der Waals surface area (Å²) in [5, 5.41) is 6.25. The second-order valence-electron chi connectivity index (χ2n) is 4.74. The highest BCUT2D eigenvalue weighted by molar-refractivity contribution is 7.56. The zero-order valence-corrected chi connectivity index (χ0v) is 11.6. The van der Waals surface area contributed by atoms with Crippen molar-refractivity contribution in [2.45, 2.75) is 33.7 Å². The van der Waals surface area contributed by atoms with E-state index in [0.717, 1.165) is 0 Å². The predicted molar refractivity (Wildman–Crippen MR) is 65.5 cm³/mol. The maximum Gasteiger partial charge on any atom is 0.269 e. The van der Waals surface area contributed by atoms with E-state index in [0.29, 0.717) is 12.7 Å². The van der Waals surface area contributed by atoms with Crippen molar-refractivity contribution in [3.05, 3.63) is 0 Å². The fourth-order valence-corrected chi connectivity index (χ4v) is 2.45. The van der Waals surface area contributed by atoms with Crippen molar-refractivity contribution < 1.29 is 9.09 Å². The molecule has 0 aliphatic carbocycles. The van der Waals surface area contributed by atoms with E-state index in [-0.39, 0.29) is 11.5 Å². The van der Waals surface area contributed by atoms with Gasteiger partial charge in [-0.25, -0.2) is 5.09 Å². The average molecular weight is 236 g/mol. The van der Waals surface area contributed by atoms with Crippen LogP contribution in [0.2, 0.25) is 0 Å². The maximum atomic E-state index is 11.9. The topological polar surface area (TPSA) is 50.4 Å². The van der Waals surface area contributed by atoms with Crippen molar-refractivity contribution in [3.8, 4) is 0 Å². The van der Waals surface area contributed by atoms with Gasteiger partial charge in [0.2, 0.25) is 0 Å². The average Bonchev–Trinajstić information content (AvgIpc) is 2.16. The summed E-state index contributed by atoms with van der Waals surface area (Å²) in [7, 11) is 0.799. The van der Waals surface area contributed by atoms with Crippen LogP contribution in [0.15, 0.2) is 0 Å². The molecule has 0 amide bonds. The fraction of sp³-hybridized carbons (Fsp3) is 1.00. The molecule has 4 nitrogen and oxygen atoms in total. The molecule has 0 aromatic rings. The molecule has 15 heavy (non-hydrogen) atoms. The lowest BCUT2D eigenvalue weighted by atomic mass is 9.87. The smallest absolute Gasteiger partial charge is 0.269 e. The molecule has 0 fully saturated rings. The molecule has 0 aromatic carbocycles. The minimum Gasteiger partial charge on any atom is -0.321 e. The van der Waals surface area contributed by atoms with E-state index in [9.17, 15) is 4.57 Å². The summed E-state index contributed by atoms with van der Waals surface area (Å²) < 4.78 is 16.9. The highest BCUT2D eigenvalue weighted by Crippen LogP contribution is 2.40. The molecule has 0 radical (unpaired) electrons. The van der Waals surface area contributed by atoms with Gasteiger partial charge in [-0.15, -0.1) is 0 Å². The van der Waals surface area contributed by atoms with E-state index < -0.39 is 7.52 Å². The van der Waals surface area contributed by atoms with E-state index in [4.69, 9.17) is 4.52 Å². The van der Waals surface area contributed by atoms with Gasteiger partial charge in [-0.1, -0.05) is 27.7 Å². The largest absolute Gasteiger partial charge is 0.321 e. The lowest BCUT2D eigenvalue weighted by molar-refractivity contribution is 0.277. The number of hydrogen-bond donors (Lipinski definition) is 2. The molecule has 5 heteroatoms. The second-order valence-corrected chi connectivity index (χ2v) is 7.40. The lowest BCUT2D eigenvalue weighted by Crippen LogP contribution is -2.45. The molecule has 0 aromatic heterocycles. The van der Waals surface area contributed by atoms with Crippen LogP contribution >= 0.6 is 7.52 Å². The Hall–Kier alpha value is 0.110. The van der Waals surface area contributed by atoms with Crippen LogP contribution in [0.3, 0.4) is 0 Å². The summed E-state index contributed by atoms with van der Waals surface area (Å²) in [4.78, 5) is 0. The minimum absolute atomic E-state index is 0.133. The van der Waals surface area contributed by atoms with Crippen molar-refractivity contribution in [3.63, 3.8) is 0 Å². The first kappa shape index (κ1) is 15.1. The number of nitrogens with one attached hydrogen (secondary N) is 2. The molecule has 2 atom stereocenters. The third-order valence-corrected chi connectivity index (χ3v) is 4.73. The van der Waals surface area contributed by atoms with Crippen LogP contribution in [0.1, 0.15) is 27.7 Å². The van der Waals surface area contributed by atoms with Gasteiger partial charge < -0.3 is 9.84 Å². The maximum absolute atomic E-state index is 11.9. The van der Waals surface area contributed by atoms with Gasteiger partial charge >= 0.3 is 0 Å². The zero-order valence-electron chi connectivity index (χ0n) is 10.8. The molecule has 0 rings (SSSR count). The van der Waals surface area contributed by atoms with Gasteiger partial charge in [0.15, 0.2) is 0 Å². The third-order valence-electron chi connectivity index (χ3n) is 2.64. The van der Waals surface area contributed by atoms with Crippen molar-refractivity contribution in [1.82, 2.24) is 10.4 Å². The monoisotopic (exact) mass is 236 g/mol. The summed E-state index contributed by atoms with van der Waals surface area (Å²) in [6.07, 6.45) is 0.518. The SMILES string of the molecule is CCP(=O)(NCC(NC)C(C)(C)C)OC. The molecule has 2 N–H and O–H groups in total. The van der Waals surface area contributed by atoms with Crippen molar-refractivity contribution in [2.24, 2.45) is 5.41 Å². The molecule has 0 bridgehead atoms. The highest BCUT2D eigenvalue weighted by Gasteiger charge is 2.26. The van der Waals surface area contributed by atoms with Gasteiger partial charge in [0.1, 0.15) is 0 Å². The first-order chi connectivity index (χ1) is 6.79. The Kier molecular flexibility index (Phi) is 6.04.